The fourth-order valence-electron chi connectivity index (χ4n) is 3.15. The molecule has 0 saturated heterocycles. The molecule has 0 fully saturated rings. The van der Waals surface area contributed by atoms with Crippen molar-refractivity contribution < 1.29 is 19.4 Å². The third-order valence-electron chi connectivity index (χ3n) is 4.75. The molecule has 0 aliphatic carbocycles. The molecule has 0 aliphatic rings. The van der Waals surface area contributed by atoms with Crippen molar-refractivity contribution in [1.82, 2.24) is 9.97 Å². The number of rotatable bonds is 6. The second kappa shape index (κ2) is 7.99. The van der Waals surface area contributed by atoms with Gasteiger partial charge in [0.05, 0.1) is 11.2 Å². The summed E-state index contributed by atoms with van der Waals surface area (Å²) in [5.74, 6) is -0.899. The minimum absolute atomic E-state index is 0.0306. The second-order valence-corrected chi connectivity index (χ2v) is 9.33. The summed E-state index contributed by atoms with van der Waals surface area (Å²) in [5.41, 5.74) is 5.12. The largest absolute Gasteiger partial charge is 0.386 e. The highest BCUT2D eigenvalue weighted by atomic mass is 32.1. The number of aryl methyl sites for hydroxylation is 1. The zero-order valence-electron chi connectivity index (χ0n) is 17.9. The third kappa shape index (κ3) is 4.90. The summed E-state index contributed by atoms with van der Waals surface area (Å²) in [5, 5.41) is 23.9. The Kier molecular flexibility index (Phi) is 5.88. The topological polar surface area (TPSA) is 121 Å². The lowest BCUT2D eigenvalue weighted by Gasteiger charge is -2.20. The van der Waals surface area contributed by atoms with Crippen LogP contribution in [0.1, 0.15) is 55.0 Å². The van der Waals surface area contributed by atoms with Crippen LogP contribution >= 0.6 is 11.3 Å². The first kappa shape index (κ1) is 22.8. The lowest BCUT2D eigenvalue weighted by Crippen LogP contribution is -2.18. The average molecular weight is 445 g/mol. The molecule has 3 rings (SSSR count). The highest BCUT2D eigenvalue weighted by molar-refractivity contribution is 7.19. The molecule has 1 amide bonds. The Labute approximate surface area is 183 Å². The van der Waals surface area contributed by atoms with Crippen molar-refractivity contribution in [2.75, 3.05) is 5.32 Å². The Hall–Kier alpha value is -2.88. The van der Waals surface area contributed by atoms with Gasteiger partial charge in [-0.3, -0.25) is 4.79 Å². The van der Waals surface area contributed by atoms with Crippen molar-refractivity contribution in [2.24, 2.45) is 5.73 Å². The van der Waals surface area contributed by atoms with E-state index in [1.165, 1.54) is 12.1 Å². The number of anilines is 2. The number of thiazole rings is 1. The molecule has 164 valence electrons. The third-order valence-corrected chi connectivity index (χ3v) is 5.76. The molecule has 31 heavy (non-hydrogen) atoms. The van der Waals surface area contributed by atoms with Crippen LogP contribution in [-0.4, -0.2) is 26.1 Å². The lowest BCUT2D eigenvalue weighted by atomic mass is 9.97. The zero-order chi connectivity index (χ0) is 23.1. The van der Waals surface area contributed by atoms with E-state index in [1.807, 2.05) is 0 Å². The Morgan fingerprint density at radius 2 is 1.77 bits per heavy atom. The number of carbonyl (C=O) groups is 1. The van der Waals surface area contributed by atoms with Crippen LogP contribution in [0.4, 0.5) is 15.2 Å². The highest BCUT2D eigenvalue weighted by Gasteiger charge is 2.23. The lowest BCUT2D eigenvalue weighted by molar-refractivity contribution is 0.0772. The molecule has 2 heterocycles. The maximum absolute atomic E-state index is 14.7. The SMILES string of the molecule is Cc1nc(Nc2sc(-c3ccc(C(C)(C)O)cc3F)nc2C(N)=O)ccc1C(C)(C)O. The quantitative estimate of drug-likeness (QED) is 0.457. The van der Waals surface area contributed by atoms with Gasteiger partial charge in [0.15, 0.2) is 5.69 Å². The number of nitrogens with zero attached hydrogens (tertiary/aromatic N) is 2. The van der Waals surface area contributed by atoms with Crippen LogP contribution in [0.15, 0.2) is 30.3 Å². The monoisotopic (exact) mass is 444 g/mol. The number of nitrogens with one attached hydrogen (secondary N) is 1. The number of hydrogen-bond acceptors (Lipinski definition) is 7. The van der Waals surface area contributed by atoms with E-state index >= 15 is 0 Å². The minimum Gasteiger partial charge on any atom is -0.386 e. The molecule has 1 aromatic carbocycles. The summed E-state index contributed by atoms with van der Waals surface area (Å²) in [7, 11) is 0. The zero-order valence-corrected chi connectivity index (χ0v) is 18.8. The van der Waals surface area contributed by atoms with Crippen molar-refractivity contribution in [2.45, 2.75) is 45.8 Å². The summed E-state index contributed by atoms with van der Waals surface area (Å²) in [4.78, 5) is 20.6. The molecule has 7 nitrogen and oxygen atoms in total. The van der Waals surface area contributed by atoms with E-state index in [2.05, 4.69) is 15.3 Å². The maximum atomic E-state index is 14.7. The smallest absolute Gasteiger partial charge is 0.270 e. The van der Waals surface area contributed by atoms with Crippen LogP contribution in [0, 0.1) is 12.7 Å². The number of aromatic nitrogens is 2. The van der Waals surface area contributed by atoms with E-state index in [1.54, 1.807) is 52.8 Å². The first-order chi connectivity index (χ1) is 14.3. The molecule has 0 atom stereocenters. The summed E-state index contributed by atoms with van der Waals surface area (Å²) in [6.45, 7) is 8.24. The number of carbonyl (C=O) groups excluding carboxylic acids is 1. The van der Waals surface area contributed by atoms with Crippen molar-refractivity contribution in [1.29, 1.82) is 0 Å². The molecule has 2 aromatic heterocycles. The first-order valence-corrected chi connectivity index (χ1v) is 10.4. The molecule has 0 radical (unpaired) electrons. The molecule has 0 aliphatic heterocycles. The van der Waals surface area contributed by atoms with Crippen molar-refractivity contribution >= 4 is 28.1 Å². The molecule has 9 heteroatoms. The fraction of sp³-hybridized carbons (Fsp3) is 0.318. The van der Waals surface area contributed by atoms with Gasteiger partial charge in [-0.05, 0) is 58.4 Å². The number of pyridine rings is 1. The number of nitrogens with two attached hydrogens (primary N) is 1. The van der Waals surface area contributed by atoms with E-state index in [0.29, 0.717) is 27.6 Å². The number of benzene rings is 1. The number of halogens is 1. The van der Waals surface area contributed by atoms with E-state index in [-0.39, 0.29) is 16.3 Å². The van der Waals surface area contributed by atoms with E-state index in [9.17, 15) is 19.4 Å². The van der Waals surface area contributed by atoms with Crippen molar-refractivity contribution in [3.05, 3.63) is 58.7 Å². The van der Waals surface area contributed by atoms with Gasteiger partial charge in [-0.1, -0.05) is 23.5 Å². The van der Waals surface area contributed by atoms with E-state index in [0.717, 1.165) is 11.3 Å². The number of primary amides is 1. The number of amides is 1. The standard InChI is InChI=1S/C22H25FN4O3S/c1-11-14(22(4,5)30)8-9-16(25-11)26-20-17(18(24)28)27-19(31-20)13-7-6-12(10-15(13)23)21(2,3)29/h6-10,29-30H,1-5H3,(H2,24,28)(H,25,26). The van der Waals surface area contributed by atoms with Gasteiger partial charge in [0.1, 0.15) is 21.6 Å². The van der Waals surface area contributed by atoms with Gasteiger partial charge in [0.2, 0.25) is 0 Å². The van der Waals surface area contributed by atoms with Gasteiger partial charge in [0.25, 0.3) is 5.91 Å². The summed E-state index contributed by atoms with van der Waals surface area (Å²) >= 11 is 1.06. The van der Waals surface area contributed by atoms with E-state index in [4.69, 9.17) is 5.73 Å². The summed E-state index contributed by atoms with van der Waals surface area (Å²) in [6, 6.07) is 7.77. The van der Waals surface area contributed by atoms with Crippen molar-refractivity contribution in [3.63, 3.8) is 0 Å². The average Bonchev–Trinajstić information content (AvgIpc) is 3.03. The molecule has 0 bridgehead atoms. The molecular weight excluding hydrogens is 419 g/mol. The normalized spacial score (nSPS) is 12.1. The van der Waals surface area contributed by atoms with Crippen LogP contribution in [0.3, 0.4) is 0 Å². The Morgan fingerprint density at radius 3 is 2.29 bits per heavy atom. The number of hydrogen-bond donors (Lipinski definition) is 4. The predicted octanol–water partition coefficient (Wildman–Crippen LogP) is 3.95. The van der Waals surface area contributed by atoms with Gasteiger partial charge in [-0.2, -0.15) is 0 Å². The summed E-state index contributed by atoms with van der Waals surface area (Å²) < 4.78 is 14.7. The predicted molar refractivity (Wildman–Crippen MR) is 119 cm³/mol. The van der Waals surface area contributed by atoms with Crippen LogP contribution in [0.5, 0.6) is 0 Å². The molecule has 0 spiro atoms. The Balaban J connectivity index is 1.99. The first-order valence-electron chi connectivity index (χ1n) is 9.58. The van der Waals surface area contributed by atoms with Crippen LogP contribution < -0.4 is 11.1 Å². The molecular formula is C22H25FN4O3S. The van der Waals surface area contributed by atoms with Crippen LogP contribution in [0.25, 0.3) is 10.6 Å². The van der Waals surface area contributed by atoms with E-state index < -0.39 is 22.9 Å². The highest BCUT2D eigenvalue weighted by Crippen LogP contribution is 2.36. The second-order valence-electron chi connectivity index (χ2n) is 8.33. The van der Waals surface area contributed by atoms with Gasteiger partial charge in [-0.15, -0.1) is 0 Å². The molecule has 0 saturated carbocycles. The van der Waals surface area contributed by atoms with Gasteiger partial charge in [0, 0.05) is 16.8 Å². The molecule has 3 aromatic rings. The number of aliphatic hydroxyl groups is 2. The van der Waals surface area contributed by atoms with Gasteiger partial charge in [-0.25, -0.2) is 14.4 Å². The Bertz CT molecular complexity index is 1150. The van der Waals surface area contributed by atoms with Crippen LogP contribution in [0.2, 0.25) is 0 Å². The minimum atomic E-state index is -1.19. The van der Waals surface area contributed by atoms with Gasteiger partial charge >= 0.3 is 0 Å². The maximum Gasteiger partial charge on any atom is 0.270 e. The Morgan fingerprint density at radius 1 is 1.10 bits per heavy atom. The molecule has 5 N–H and O–H groups in total. The van der Waals surface area contributed by atoms with Crippen molar-refractivity contribution in [3.8, 4) is 10.6 Å². The summed E-state index contributed by atoms with van der Waals surface area (Å²) in [6.07, 6.45) is 0. The van der Waals surface area contributed by atoms with Gasteiger partial charge < -0.3 is 21.3 Å². The fourth-order valence-corrected chi connectivity index (χ4v) is 4.15. The molecule has 0 unspecified atom stereocenters. The van der Waals surface area contributed by atoms with Crippen LogP contribution in [-0.2, 0) is 11.2 Å².